The van der Waals surface area contributed by atoms with Gasteiger partial charge in [0, 0.05) is 64.5 Å². The average molecular weight is 707 g/mol. The second-order valence-electron chi connectivity index (χ2n) is 10.2. The fraction of sp³-hybridized carbons (Fsp3) is 0.125. The van der Waals surface area contributed by atoms with E-state index in [1.807, 2.05) is 68.4 Å². The van der Waals surface area contributed by atoms with E-state index in [0.29, 0.717) is 35.3 Å². The standard InChI is InChI=1S/C32H28N4O8S2.2Na/c1-4-44-25-10-8-24(9-11-25)33-34-27-12-5-21(15-19(27)2)22-6-13-28(20(3)16-22)35-36-32-29(37)14-7-23-17-26(45(38,39)40)18-30(31(23)32)46(41,42)43;;/h5-18,37H,4H2,1-3H3,(H,38,39,40)(H,41,42,43);;. The van der Waals surface area contributed by atoms with Gasteiger partial charge in [-0.1, -0.05) is 18.2 Å². The Bertz CT molecular complexity index is 2260. The number of benzene rings is 5. The molecule has 5 rings (SSSR count). The number of fused-ring (bicyclic) bond motifs is 1. The van der Waals surface area contributed by atoms with Gasteiger partial charge in [0.25, 0.3) is 20.2 Å². The summed E-state index contributed by atoms with van der Waals surface area (Å²) in [5.41, 5.74) is 4.91. The summed E-state index contributed by atoms with van der Waals surface area (Å²) in [6.07, 6.45) is 0. The fourth-order valence-corrected chi connectivity index (χ4v) is 6.08. The van der Waals surface area contributed by atoms with Crippen molar-refractivity contribution in [2.24, 2.45) is 20.5 Å². The Kier molecular flexibility index (Phi) is 13.2. The van der Waals surface area contributed by atoms with E-state index in [1.165, 1.54) is 6.07 Å². The predicted octanol–water partition coefficient (Wildman–Crippen LogP) is 7.79. The fourth-order valence-electron chi connectivity index (χ4n) is 4.71. The van der Waals surface area contributed by atoms with Crippen molar-refractivity contribution in [3.63, 3.8) is 0 Å². The zero-order chi connectivity index (χ0) is 33.2. The van der Waals surface area contributed by atoms with Crippen molar-refractivity contribution < 1.29 is 35.8 Å². The van der Waals surface area contributed by atoms with E-state index in [9.17, 15) is 31.0 Å². The molecule has 0 aliphatic heterocycles. The molecule has 0 unspecified atom stereocenters. The van der Waals surface area contributed by atoms with E-state index in [0.717, 1.165) is 34.6 Å². The smallest absolute Gasteiger partial charge is 0.295 e. The monoisotopic (exact) mass is 706 g/mol. The molecule has 238 valence electrons. The first-order valence-corrected chi connectivity index (χ1v) is 16.7. The summed E-state index contributed by atoms with van der Waals surface area (Å²) in [6, 6.07) is 22.5. The van der Waals surface area contributed by atoms with Crippen LogP contribution in [0.1, 0.15) is 18.1 Å². The van der Waals surface area contributed by atoms with Crippen molar-refractivity contribution in [2.75, 3.05) is 6.61 Å². The molecular weight excluding hydrogens is 678 g/mol. The van der Waals surface area contributed by atoms with Gasteiger partial charge in [0.1, 0.15) is 22.1 Å². The molecule has 0 saturated carbocycles. The molecule has 0 aliphatic rings. The Morgan fingerprint density at radius 2 is 1.23 bits per heavy atom. The predicted molar refractivity (Wildman–Crippen MR) is 184 cm³/mol. The maximum absolute atomic E-state index is 12.2. The molecule has 0 spiro atoms. The van der Waals surface area contributed by atoms with Crippen LogP contribution in [0, 0.1) is 13.8 Å². The zero-order valence-electron chi connectivity index (χ0n) is 26.8. The minimum absolute atomic E-state index is 0. The van der Waals surface area contributed by atoms with E-state index in [2.05, 4.69) is 20.5 Å². The Balaban J connectivity index is 0.00000312. The van der Waals surface area contributed by atoms with Crippen molar-refractivity contribution in [3.05, 3.63) is 96.1 Å². The summed E-state index contributed by atoms with van der Waals surface area (Å²) in [5, 5.41) is 27.2. The van der Waals surface area contributed by atoms with Crippen LogP contribution in [0.5, 0.6) is 11.5 Å². The molecule has 16 heteroatoms. The molecule has 12 nitrogen and oxygen atoms in total. The molecule has 2 radical (unpaired) electrons. The van der Waals surface area contributed by atoms with E-state index in [-0.39, 0.29) is 75.6 Å². The number of rotatable bonds is 9. The van der Waals surface area contributed by atoms with E-state index >= 15 is 0 Å². The Morgan fingerprint density at radius 3 is 1.73 bits per heavy atom. The second kappa shape index (κ2) is 16.1. The van der Waals surface area contributed by atoms with Crippen LogP contribution in [0.25, 0.3) is 21.9 Å². The number of hydrogen-bond donors (Lipinski definition) is 3. The number of aromatic hydroxyl groups is 1. The van der Waals surface area contributed by atoms with Gasteiger partial charge in [-0.15, -0.1) is 5.11 Å². The van der Waals surface area contributed by atoms with Crippen LogP contribution in [0.4, 0.5) is 22.7 Å². The molecule has 0 heterocycles. The molecule has 0 aliphatic carbocycles. The van der Waals surface area contributed by atoms with Gasteiger partial charge in [-0.2, -0.15) is 32.2 Å². The summed E-state index contributed by atoms with van der Waals surface area (Å²) in [5.74, 6) is 0.296. The van der Waals surface area contributed by atoms with Crippen molar-refractivity contribution >= 4 is 113 Å². The molecule has 3 N–H and O–H groups in total. The van der Waals surface area contributed by atoms with Crippen molar-refractivity contribution in [3.8, 4) is 22.6 Å². The number of ether oxygens (including phenoxy) is 1. The third-order valence-electron chi connectivity index (χ3n) is 6.99. The second-order valence-corrected chi connectivity index (χ2v) is 13.0. The summed E-state index contributed by atoms with van der Waals surface area (Å²) < 4.78 is 72.5. The van der Waals surface area contributed by atoms with Crippen molar-refractivity contribution in [2.45, 2.75) is 30.6 Å². The van der Waals surface area contributed by atoms with Gasteiger partial charge in [-0.3, -0.25) is 9.11 Å². The van der Waals surface area contributed by atoms with Crippen LogP contribution in [-0.2, 0) is 20.2 Å². The van der Waals surface area contributed by atoms with Crippen molar-refractivity contribution in [1.82, 2.24) is 0 Å². The number of aryl methyl sites for hydroxylation is 2. The van der Waals surface area contributed by atoms with Gasteiger partial charge in [0.05, 0.1) is 28.6 Å². The minimum atomic E-state index is -5.01. The largest absolute Gasteiger partial charge is 0.506 e. The van der Waals surface area contributed by atoms with E-state index in [1.54, 1.807) is 13.0 Å². The molecular formula is C32H28N4Na2O8S2. The number of phenols is 1. The molecule has 5 aromatic rings. The Morgan fingerprint density at radius 1 is 0.667 bits per heavy atom. The summed E-state index contributed by atoms with van der Waals surface area (Å²) >= 11 is 0. The van der Waals surface area contributed by atoms with Crippen LogP contribution in [0.15, 0.2) is 115 Å². The van der Waals surface area contributed by atoms with Crippen LogP contribution in [-0.4, -0.2) is 96.8 Å². The molecule has 0 bridgehead atoms. The van der Waals surface area contributed by atoms with Gasteiger partial charge in [0.15, 0.2) is 0 Å². The zero-order valence-corrected chi connectivity index (χ0v) is 32.4. The van der Waals surface area contributed by atoms with Gasteiger partial charge in [0.2, 0.25) is 0 Å². The van der Waals surface area contributed by atoms with E-state index in [4.69, 9.17) is 4.74 Å². The Labute approximate surface area is 322 Å². The first kappa shape index (κ1) is 39.4. The minimum Gasteiger partial charge on any atom is -0.506 e. The number of azo groups is 2. The van der Waals surface area contributed by atoms with Gasteiger partial charge in [-0.05, 0) is 115 Å². The first-order valence-electron chi connectivity index (χ1n) is 13.8. The molecule has 0 amide bonds. The molecule has 0 aromatic heterocycles. The molecule has 0 fully saturated rings. The Hall–Kier alpha value is -3.02. The van der Waals surface area contributed by atoms with Crippen LogP contribution >= 0.6 is 0 Å². The topological polar surface area (TPSA) is 188 Å². The summed E-state index contributed by atoms with van der Waals surface area (Å²) in [7, 11) is -9.83. The SMILES string of the molecule is CCOc1ccc(N=Nc2ccc(-c3ccc(N=Nc4c(O)ccc5cc(S(=O)(=O)O)cc(S(=O)(=O)O)c45)c(C)c3)cc2C)cc1.[Na].[Na]. The van der Waals surface area contributed by atoms with Crippen LogP contribution in [0.3, 0.4) is 0 Å². The normalized spacial score (nSPS) is 11.9. The maximum atomic E-state index is 12.2. The molecule has 0 atom stereocenters. The molecule has 5 aromatic carbocycles. The quantitative estimate of drug-likeness (QED) is 0.0787. The molecule has 0 saturated heterocycles. The van der Waals surface area contributed by atoms with Gasteiger partial charge >= 0.3 is 0 Å². The van der Waals surface area contributed by atoms with E-state index < -0.39 is 35.8 Å². The number of phenolic OH excluding ortho intramolecular Hbond substituents is 1. The third-order valence-corrected chi connectivity index (χ3v) is 8.70. The van der Waals surface area contributed by atoms with Crippen LogP contribution < -0.4 is 4.74 Å². The number of hydrogen-bond acceptors (Lipinski definition) is 10. The number of nitrogens with zero attached hydrogens (tertiary/aromatic N) is 4. The first-order chi connectivity index (χ1) is 21.7. The van der Waals surface area contributed by atoms with Gasteiger partial charge < -0.3 is 9.84 Å². The van der Waals surface area contributed by atoms with Crippen molar-refractivity contribution in [1.29, 1.82) is 0 Å². The average Bonchev–Trinajstić information content (AvgIpc) is 3.00. The third kappa shape index (κ3) is 9.15. The van der Waals surface area contributed by atoms with Crippen LogP contribution in [0.2, 0.25) is 0 Å². The maximum Gasteiger partial charge on any atom is 0.295 e. The summed E-state index contributed by atoms with van der Waals surface area (Å²) in [4.78, 5) is -1.63. The molecule has 48 heavy (non-hydrogen) atoms. The van der Waals surface area contributed by atoms with Gasteiger partial charge in [-0.25, -0.2) is 0 Å². The summed E-state index contributed by atoms with van der Waals surface area (Å²) in [6.45, 7) is 6.24.